The zero-order valence-corrected chi connectivity index (χ0v) is 18.8. The summed E-state index contributed by atoms with van der Waals surface area (Å²) in [4.78, 5) is 57.4. The predicted molar refractivity (Wildman–Crippen MR) is 121 cm³/mol. The first kappa shape index (κ1) is 22.6. The summed E-state index contributed by atoms with van der Waals surface area (Å²) >= 11 is 0. The van der Waals surface area contributed by atoms with Crippen LogP contribution in [0.1, 0.15) is 53.0 Å². The minimum atomic E-state index is -0.938. The molecule has 0 spiro atoms. The Morgan fingerprint density at radius 1 is 1.06 bits per heavy atom. The predicted octanol–water partition coefficient (Wildman–Crippen LogP) is 2.66. The Bertz CT molecular complexity index is 1080. The lowest BCUT2D eigenvalue weighted by molar-refractivity contribution is -0.152. The molecule has 0 N–H and O–H groups in total. The van der Waals surface area contributed by atoms with Crippen LogP contribution in [0.5, 0.6) is 0 Å². The lowest BCUT2D eigenvalue weighted by Crippen LogP contribution is -2.43. The zero-order valence-electron chi connectivity index (χ0n) is 18.8. The third-order valence-corrected chi connectivity index (χ3v) is 6.27. The standard InChI is InChI=1S/C25H27N3O5/c1-16(23(30)20-5-6-22-19(14-20)9-13-28(22)17(2)29)33-25(32)21-4-3-12-27(15-21)24(31)18-7-10-26-11-8-18/h5-8,10-11,14,16,21H,3-4,9,12-13,15H2,1-2H3/t16-,21+/m0/s1. The number of fused-ring (bicyclic) bond motifs is 1. The van der Waals surface area contributed by atoms with E-state index in [0.717, 1.165) is 11.3 Å². The van der Waals surface area contributed by atoms with Gasteiger partial charge in [0.05, 0.1) is 5.92 Å². The number of benzene rings is 1. The van der Waals surface area contributed by atoms with Crippen LogP contribution in [0.4, 0.5) is 5.69 Å². The van der Waals surface area contributed by atoms with Crippen molar-refractivity contribution in [3.63, 3.8) is 0 Å². The molecule has 0 radical (unpaired) electrons. The maximum atomic E-state index is 12.9. The average molecular weight is 450 g/mol. The quantitative estimate of drug-likeness (QED) is 0.514. The van der Waals surface area contributed by atoms with E-state index in [-0.39, 0.29) is 24.1 Å². The first-order valence-electron chi connectivity index (χ1n) is 11.2. The fourth-order valence-corrected chi connectivity index (χ4v) is 4.47. The number of anilines is 1. The molecule has 3 heterocycles. The fourth-order valence-electron chi connectivity index (χ4n) is 4.47. The number of hydrogen-bond acceptors (Lipinski definition) is 6. The van der Waals surface area contributed by atoms with Crippen molar-refractivity contribution in [2.75, 3.05) is 24.5 Å². The van der Waals surface area contributed by atoms with Crippen LogP contribution in [-0.2, 0) is 20.7 Å². The van der Waals surface area contributed by atoms with Crippen molar-refractivity contribution in [3.8, 4) is 0 Å². The highest BCUT2D eigenvalue weighted by molar-refractivity contribution is 6.02. The number of carbonyl (C=O) groups excluding carboxylic acids is 4. The van der Waals surface area contributed by atoms with Crippen molar-refractivity contribution < 1.29 is 23.9 Å². The van der Waals surface area contributed by atoms with Crippen molar-refractivity contribution in [2.24, 2.45) is 5.92 Å². The van der Waals surface area contributed by atoms with E-state index in [4.69, 9.17) is 4.74 Å². The largest absolute Gasteiger partial charge is 0.454 e. The Balaban J connectivity index is 1.37. The molecular formula is C25H27N3O5. The number of ketones is 1. The van der Waals surface area contributed by atoms with E-state index >= 15 is 0 Å². The molecule has 4 rings (SSSR count). The van der Waals surface area contributed by atoms with Crippen LogP contribution in [0, 0.1) is 5.92 Å². The molecule has 2 amide bonds. The molecule has 0 bridgehead atoms. The summed E-state index contributed by atoms with van der Waals surface area (Å²) in [7, 11) is 0. The van der Waals surface area contributed by atoms with Crippen LogP contribution < -0.4 is 4.90 Å². The van der Waals surface area contributed by atoms with Gasteiger partial charge in [0.2, 0.25) is 11.7 Å². The van der Waals surface area contributed by atoms with Gasteiger partial charge >= 0.3 is 5.97 Å². The first-order valence-corrected chi connectivity index (χ1v) is 11.2. The average Bonchev–Trinajstić information content (AvgIpc) is 3.27. The van der Waals surface area contributed by atoms with Gasteiger partial charge in [0.1, 0.15) is 0 Å². The highest BCUT2D eigenvalue weighted by Gasteiger charge is 2.32. The molecule has 172 valence electrons. The number of aromatic nitrogens is 1. The number of pyridine rings is 1. The molecule has 1 aromatic carbocycles. The van der Waals surface area contributed by atoms with Crippen molar-refractivity contribution in [3.05, 3.63) is 59.4 Å². The minimum Gasteiger partial charge on any atom is -0.454 e. The number of amides is 2. The topological polar surface area (TPSA) is 96.9 Å². The number of ether oxygens (including phenoxy) is 1. The van der Waals surface area contributed by atoms with Crippen molar-refractivity contribution in [1.82, 2.24) is 9.88 Å². The van der Waals surface area contributed by atoms with Gasteiger partial charge in [-0.1, -0.05) is 0 Å². The third-order valence-electron chi connectivity index (χ3n) is 6.27. The number of piperidine rings is 1. The van der Waals surface area contributed by atoms with Crippen LogP contribution in [0.2, 0.25) is 0 Å². The summed E-state index contributed by atoms with van der Waals surface area (Å²) in [5.74, 6) is -1.39. The highest BCUT2D eigenvalue weighted by atomic mass is 16.5. The lowest BCUT2D eigenvalue weighted by atomic mass is 9.97. The number of nitrogens with zero attached hydrogens (tertiary/aromatic N) is 3. The summed E-state index contributed by atoms with van der Waals surface area (Å²) in [6.45, 7) is 4.53. The molecule has 2 atom stereocenters. The summed E-state index contributed by atoms with van der Waals surface area (Å²) < 4.78 is 5.52. The molecule has 2 aliphatic rings. The maximum absolute atomic E-state index is 12.9. The summed E-state index contributed by atoms with van der Waals surface area (Å²) in [5, 5.41) is 0. The van der Waals surface area contributed by atoms with Crippen molar-refractivity contribution in [1.29, 1.82) is 0 Å². The fraction of sp³-hybridized carbons (Fsp3) is 0.400. The number of rotatable bonds is 5. The van der Waals surface area contributed by atoms with E-state index in [1.165, 1.54) is 6.92 Å². The van der Waals surface area contributed by atoms with Crippen LogP contribution in [0.25, 0.3) is 0 Å². The van der Waals surface area contributed by atoms with E-state index in [2.05, 4.69) is 4.98 Å². The molecule has 0 saturated carbocycles. The molecular weight excluding hydrogens is 422 g/mol. The molecule has 0 unspecified atom stereocenters. The van der Waals surface area contributed by atoms with Crippen molar-refractivity contribution in [2.45, 2.75) is 39.2 Å². The van der Waals surface area contributed by atoms with Gasteiger partial charge in [0.25, 0.3) is 5.91 Å². The van der Waals surface area contributed by atoms with Gasteiger partial charge in [-0.2, -0.15) is 0 Å². The summed E-state index contributed by atoms with van der Waals surface area (Å²) in [6, 6.07) is 8.52. The Hall–Kier alpha value is -3.55. The second kappa shape index (κ2) is 9.52. The SMILES string of the molecule is CC(=O)N1CCc2cc(C(=O)[C@H](C)OC(=O)[C@@H]3CCCN(C(=O)c4ccncc4)C3)ccc21. The monoisotopic (exact) mass is 449 g/mol. The van der Waals surface area contributed by atoms with E-state index in [9.17, 15) is 19.2 Å². The highest BCUT2D eigenvalue weighted by Crippen LogP contribution is 2.29. The number of hydrogen-bond donors (Lipinski definition) is 0. The van der Waals surface area contributed by atoms with E-state index in [1.54, 1.807) is 59.4 Å². The second-order valence-electron chi connectivity index (χ2n) is 8.53. The van der Waals surface area contributed by atoms with Crippen molar-refractivity contribution >= 4 is 29.3 Å². The number of esters is 1. The Morgan fingerprint density at radius 2 is 1.82 bits per heavy atom. The third kappa shape index (κ3) is 4.79. The van der Waals surface area contributed by atoms with E-state index < -0.39 is 18.0 Å². The molecule has 8 heteroatoms. The molecule has 8 nitrogen and oxygen atoms in total. The van der Waals surface area contributed by atoms with E-state index in [0.29, 0.717) is 43.5 Å². The van der Waals surface area contributed by atoms with Gasteiger partial charge < -0.3 is 14.5 Å². The maximum Gasteiger partial charge on any atom is 0.311 e. The second-order valence-corrected chi connectivity index (χ2v) is 8.53. The van der Waals surface area contributed by atoms with Gasteiger partial charge in [0, 0.05) is 55.8 Å². The lowest BCUT2D eigenvalue weighted by Gasteiger charge is -2.32. The Morgan fingerprint density at radius 3 is 2.55 bits per heavy atom. The van der Waals surface area contributed by atoms with Gasteiger partial charge in [-0.05, 0) is 62.1 Å². The van der Waals surface area contributed by atoms with Gasteiger partial charge in [-0.25, -0.2) is 0 Å². The molecule has 1 fully saturated rings. The van der Waals surface area contributed by atoms with Crippen LogP contribution >= 0.6 is 0 Å². The van der Waals surface area contributed by atoms with Gasteiger partial charge in [-0.3, -0.25) is 24.2 Å². The van der Waals surface area contributed by atoms with Crippen LogP contribution in [0.3, 0.4) is 0 Å². The smallest absolute Gasteiger partial charge is 0.311 e. The molecule has 2 aromatic rings. The molecule has 1 aromatic heterocycles. The normalized spacial score (nSPS) is 18.4. The Labute approximate surface area is 192 Å². The number of Topliss-reactive ketones (excluding diaryl/α,β-unsaturated/α-hetero) is 1. The molecule has 0 aliphatic carbocycles. The van der Waals surface area contributed by atoms with Gasteiger partial charge in [0.15, 0.2) is 6.10 Å². The number of carbonyl (C=O) groups is 4. The van der Waals surface area contributed by atoms with Crippen LogP contribution in [0.15, 0.2) is 42.7 Å². The Kier molecular flexibility index (Phi) is 6.53. The van der Waals surface area contributed by atoms with Gasteiger partial charge in [-0.15, -0.1) is 0 Å². The zero-order chi connectivity index (χ0) is 23.5. The molecule has 1 saturated heterocycles. The van der Waals surface area contributed by atoms with Crippen LogP contribution in [-0.4, -0.2) is 59.2 Å². The van der Waals surface area contributed by atoms with E-state index in [1.807, 2.05) is 0 Å². The minimum absolute atomic E-state index is 0.0286. The molecule has 2 aliphatic heterocycles. The number of likely N-dealkylation sites (tertiary alicyclic amines) is 1. The molecule has 33 heavy (non-hydrogen) atoms. The summed E-state index contributed by atoms with van der Waals surface area (Å²) in [5.41, 5.74) is 2.75. The first-order chi connectivity index (χ1) is 15.8. The summed E-state index contributed by atoms with van der Waals surface area (Å²) in [6.07, 6.45) is 4.18.